The molecule has 1 nitrogen and oxygen atoms in total. The van der Waals surface area contributed by atoms with Gasteiger partial charge >= 0.3 is 0 Å². The van der Waals surface area contributed by atoms with E-state index in [9.17, 15) is 0 Å². The molecular weight excluding hydrogens is 336 g/mol. The first-order valence-corrected chi connectivity index (χ1v) is 18.3. The minimum absolute atomic E-state index is 1.04. The molecule has 2 aliphatic carbocycles. The average molecular weight is 383 g/mol. The summed E-state index contributed by atoms with van der Waals surface area (Å²) in [6.07, 6.45) is 20.9. The van der Waals surface area contributed by atoms with Crippen molar-refractivity contribution in [1.82, 2.24) is 0 Å². The van der Waals surface area contributed by atoms with E-state index in [1.165, 1.54) is 102 Å². The Morgan fingerprint density at radius 1 is 0.680 bits per heavy atom. The smallest absolute Gasteiger partial charge is 0.176 e. The quantitative estimate of drug-likeness (QED) is 0.351. The van der Waals surface area contributed by atoms with Crippen molar-refractivity contribution in [2.24, 2.45) is 11.8 Å². The highest BCUT2D eigenvalue weighted by atomic mass is 29.3. The van der Waals surface area contributed by atoms with Crippen molar-refractivity contribution >= 4 is 15.4 Å². The molecule has 1 unspecified atom stereocenters. The second-order valence-corrected chi connectivity index (χ2v) is 25.0. The maximum absolute atomic E-state index is 6.34. The number of hydrogen-bond donors (Lipinski definition) is 0. The third-order valence-electron chi connectivity index (χ3n) is 8.01. The van der Waals surface area contributed by atoms with Crippen molar-refractivity contribution in [3.8, 4) is 0 Å². The predicted molar refractivity (Wildman–Crippen MR) is 117 cm³/mol. The Morgan fingerprint density at radius 3 is 1.56 bits per heavy atom. The Morgan fingerprint density at radius 2 is 1.12 bits per heavy atom. The summed E-state index contributed by atoms with van der Waals surface area (Å²) in [5, 5.41) is 0. The molecule has 0 bridgehead atoms. The van der Waals surface area contributed by atoms with Gasteiger partial charge in [0.2, 0.25) is 0 Å². The Kier molecular flexibility index (Phi) is 9.25. The number of rotatable bonds is 10. The maximum atomic E-state index is 6.34. The van der Waals surface area contributed by atoms with Crippen molar-refractivity contribution in [1.29, 1.82) is 0 Å². The van der Waals surface area contributed by atoms with Gasteiger partial charge in [0.1, 0.15) is 0 Å². The van der Waals surface area contributed by atoms with Crippen LogP contribution in [0.5, 0.6) is 0 Å². The lowest BCUT2D eigenvalue weighted by Gasteiger charge is -2.40. The molecule has 25 heavy (non-hydrogen) atoms. The molecule has 0 amide bonds. The van der Waals surface area contributed by atoms with Crippen LogP contribution in [-0.2, 0) is 4.43 Å². The Balaban J connectivity index is 1.73. The molecule has 0 spiro atoms. The van der Waals surface area contributed by atoms with Crippen molar-refractivity contribution in [2.75, 3.05) is 7.11 Å². The van der Waals surface area contributed by atoms with E-state index in [1.807, 2.05) is 7.11 Å². The third-order valence-corrected chi connectivity index (χ3v) is 25.4. The normalized spacial score (nSPS) is 23.5. The minimum Gasteiger partial charge on any atom is -0.423 e. The highest BCUT2D eigenvalue weighted by molar-refractivity contribution is 7.38. The second kappa shape index (κ2) is 10.7. The minimum atomic E-state index is -1.48. The van der Waals surface area contributed by atoms with Crippen LogP contribution in [0.1, 0.15) is 89.9 Å². The van der Waals surface area contributed by atoms with Gasteiger partial charge in [-0.2, -0.15) is 0 Å². The van der Waals surface area contributed by atoms with Crippen molar-refractivity contribution in [3.05, 3.63) is 0 Å². The summed E-state index contributed by atoms with van der Waals surface area (Å²) in [5.74, 6) is 2.10. The lowest BCUT2D eigenvalue weighted by molar-refractivity contribution is 0.332. The van der Waals surface area contributed by atoms with Crippen molar-refractivity contribution in [2.45, 2.75) is 122 Å². The zero-order valence-electron chi connectivity index (χ0n) is 17.9. The third kappa shape index (κ3) is 6.81. The topological polar surface area (TPSA) is 9.23 Å². The Labute approximate surface area is 160 Å². The van der Waals surface area contributed by atoms with Gasteiger partial charge in [-0.3, -0.25) is 0 Å². The summed E-state index contributed by atoms with van der Waals surface area (Å²) >= 11 is 0. The van der Waals surface area contributed by atoms with Crippen LogP contribution in [-0.4, -0.2) is 22.5 Å². The highest BCUT2D eigenvalue weighted by Crippen LogP contribution is 2.35. The van der Waals surface area contributed by atoms with Gasteiger partial charge in [-0.25, -0.2) is 0 Å². The molecule has 2 saturated carbocycles. The summed E-state index contributed by atoms with van der Waals surface area (Å²) in [6, 6.07) is 2.95. The summed E-state index contributed by atoms with van der Waals surface area (Å²) in [7, 11) is -0.651. The lowest BCUT2D eigenvalue weighted by Crippen LogP contribution is -2.58. The van der Waals surface area contributed by atoms with Crippen LogP contribution in [0.25, 0.3) is 0 Å². The fraction of sp³-hybridized carbons (Fsp3) is 1.00. The van der Waals surface area contributed by atoms with E-state index in [2.05, 4.69) is 19.6 Å². The Hall–Kier alpha value is 0.394. The summed E-state index contributed by atoms with van der Waals surface area (Å²) in [5.41, 5.74) is 0. The molecule has 0 heterocycles. The van der Waals surface area contributed by atoms with E-state index in [0.717, 1.165) is 11.8 Å². The van der Waals surface area contributed by atoms with Gasteiger partial charge in [0.05, 0.1) is 7.59 Å². The van der Waals surface area contributed by atoms with Gasteiger partial charge in [-0.1, -0.05) is 109 Å². The molecule has 0 radical (unpaired) electrons. The second-order valence-electron chi connectivity index (χ2n) is 10.1. The SMILES string of the molecule is CO[Si](C)(CCCC1CCCCC1)[Si](C)(C)CCCC1CCCCC1. The molecule has 0 aliphatic heterocycles. The van der Waals surface area contributed by atoms with Crippen LogP contribution in [0.15, 0.2) is 0 Å². The highest BCUT2D eigenvalue weighted by Gasteiger charge is 2.45. The van der Waals surface area contributed by atoms with E-state index in [-0.39, 0.29) is 0 Å². The molecule has 0 aromatic rings. The fourth-order valence-electron chi connectivity index (χ4n) is 5.49. The molecular formula is C22H46OSi2. The van der Waals surface area contributed by atoms with Crippen molar-refractivity contribution in [3.63, 3.8) is 0 Å². The summed E-state index contributed by atoms with van der Waals surface area (Å²) in [4.78, 5) is 0. The van der Waals surface area contributed by atoms with E-state index in [1.54, 1.807) is 0 Å². The van der Waals surface area contributed by atoms with Crippen LogP contribution in [0.4, 0.5) is 0 Å². The molecule has 2 fully saturated rings. The Bertz CT molecular complexity index is 359. The van der Waals surface area contributed by atoms with E-state index < -0.39 is 15.4 Å². The lowest BCUT2D eigenvalue weighted by atomic mass is 9.86. The van der Waals surface area contributed by atoms with Gasteiger partial charge in [-0.15, -0.1) is 0 Å². The van der Waals surface area contributed by atoms with Crippen molar-refractivity contribution < 1.29 is 4.43 Å². The molecule has 3 heteroatoms. The van der Waals surface area contributed by atoms with Gasteiger partial charge in [-0.05, 0) is 24.4 Å². The number of hydrogen-bond acceptors (Lipinski definition) is 1. The average Bonchev–Trinajstić information content (AvgIpc) is 2.63. The predicted octanol–water partition coefficient (Wildman–Crippen LogP) is 7.72. The van der Waals surface area contributed by atoms with Crippen LogP contribution in [0.2, 0.25) is 31.7 Å². The largest absolute Gasteiger partial charge is 0.423 e. The first-order chi connectivity index (χ1) is 12.0. The van der Waals surface area contributed by atoms with Crippen LogP contribution in [0.3, 0.4) is 0 Å². The van der Waals surface area contributed by atoms with Gasteiger partial charge in [0.15, 0.2) is 7.83 Å². The van der Waals surface area contributed by atoms with Gasteiger partial charge in [0, 0.05) is 7.11 Å². The molecule has 2 rings (SSSR count). The molecule has 0 saturated heterocycles. The van der Waals surface area contributed by atoms with E-state index in [0.29, 0.717) is 0 Å². The standard InChI is InChI=1S/C22H46OSi2/c1-23-25(4,20-12-18-22-15-9-6-10-16-22)24(2,3)19-11-17-21-13-7-5-8-14-21/h21-22H,5-20H2,1-4H3. The fourth-order valence-corrected chi connectivity index (χ4v) is 15.8. The maximum Gasteiger partial charge on any atom is 0.176 e. The van der Waals surface area contributed by atoms with Gasteiger partial charge in [0.25, 0.3) is 0 Å². The van der Waals surface area contributed by atoms with Crippen LogP contribution < -0.4 is 0 Å². The zero-order valence-corrected chi connectivity index (χ0v) is 19.9. The summed E-state index contributed by atoms with van der Waals surface area (Å²) in [6.45, 7) is 7.90. The molecule has 2 aliphatic rings. The van der Waals surface area contributed by atoms with Crippen LogP contribution >= 0.6 is 0 Å². The van der Waals surface area contributed by atoms with Crippen LogP contribution in [0, 0.1) is 11.8 Å². The van der Waals surface area contributed by atoms with E-state index >= 15 is 0 Å². The van der Waals surface area contributed by atoms with E-state index in [4.69, 9.17) is 4.43 Å². The first-order valence-electron chi connectivity index (χ1n) is 11.5. The molecule has 0 aromatic carbocycles. The monoisotopic (exact) mass is 382 g/mol. The molecule has 0 N–H and O–H groups in total. The first kappa shape index (κ1) is 21.7. The molecule has 1 atom stereocenters. The summed E-state index contributed by atoms with van der Waals surface area (Å²) < 4.78 is 6.34. The molecule has 0 aromatic heterocycles. The van der Waals surface area contributed by atoms with Gasteiger partial charge < -0.3 is 4.43 Å². The zero-order chi connectivity index (χ0) is 18.2. The molecule has 148 valence electrons.